The number of nitrogens with zero attached hydrogens (tertiary/aromatic N) is 3. The minimum atomic E-state index is -0.323. The van der Waals surface area contributed by atoms with Crippen LogP contribution in [0.5, 0.6) is 0 Å². The van der Waals surface area contributed by atoms with Crippen LogP contribution in [0.4, 0.5) is 5.82 Å². The number of anilines is 1. The summed E-state index contributed by atoms with van der Waals surface area (Å²) in [6.45, 7) is 6.69. The Morgan fingerprint density at radius 3 is 3.00 bits per heavy atom. The molecule has 0 aliphatic carbocycles. The second-order valence-electron chi connectivity index (χ2n) is 4.99. The van der Waals surface area contributed by atoms with Gasteiger partial charge in [0, 0.05) is 12.2 Å². The van der Waals surface area contributed by atoms with Crippen LogP contribution in [-0.2, 0) is 9.53 Å². The first-order chi connectivity index (χ1) is 9.58. The summed E-state index contributed by atoms with van der Waals surface area (Å²) in [6.07, 6.45) is 1.65. The van der Waals surface area contributed by atoms with E-state index in [0.29, 0.717) is 18.0 Å². The number of aromatic nitrogens is 1. The Hall–Kier alpha value is -2.09. The van der Waals surface area contributed by atoms with Crippen LogP contribution >= 0.6 is 0 Å². The normalized spacial score (nSPS) is 17.9. The fraction of sp³-hybridized carbons (Fsp3) is 0.533. The molecule has 1 atom stereocenters. The SMILES string of the molecule is CCOC(=O)C1CCCN1c1nc(C)cc(C)c1C#N. The minimum Gasteiger partial charge on any atom is -0.464 e. The zero-order valence-electron chi connectivity index (χ0n) is 12.1. The van der Waals surface area contributed by atoms with Gasteiger partial charge in [0.15, 0.2) is 0 Å². The molecule has 5 nitrogen and oxygen atoms in total. The van der Waals surface area contributed by atoms with Crippen molar-refractivity contribution in [3.8, 4) is 6.07 Å². The number of hydrogen-bond donors (Lipinski definition) is 0. The molecule has 2 heterocycles. The highest BCUT2D eigenvalue weighted by atomic mass is 16.5. The molecule has 2 rings (SSSR count). The Morgan fingerprint density at radius 2 is 2.35 bits per heavy atom. The number of carbonyl (C=O) groups is 1. The summed E-state index contributed by atoms with van der Waals surface area (Å²) in [7, 11) is 0. The largest absolute Gasteiger partial charge is 0.464 e. The highest BCUT2D eigenvalue weighted by molar-refractivity contribution is 5.81. The maximum Gasteiger partial charge on any atom is 0.328 e. The summed E-state index contributed by atoms with van der Waals surface area (Å²) in [5.74, 6) is 0.385. The minimum absolute atomic E-state index is 0.227. The van der Waals surface area contributed by atoms with Crippen molar-refractivity contribution in [3.63, 3.8) is 0 Å². The predicted octanol–water partition coefficient (Wildman–Crippen LogP) is 2.10. The summed E-state index contributed by atoms with van der Waals surface area (Å²) >= 11 is 0. The molecule has 1 aliphatic heterocycles. The van der Waals surface area contributed by atoms with Gasteiger partial charge in [-0.15, -0.1) is 0 Å². The molecule has 0 aromatic carbocycles. The van der Waals surface area contributed by atoms with Crippen LogP contribution in [-0.4, -0.2) is 30.1 Å². The van der Waals surface area contributed by atoms with Gasteiger partial charge in [-0.25, -0.2) is 9.78 Å². The Morgan fingerprint density at radius 1 is 1.60 bits per heavy atom. The summed E-state index contributed by atoms with van der Waals surface area (Å²) in [5, 5.41) is 9.35. The van der Waals surface area contributed by atoms with E-state index in [1.165, 1.54) is 0 Å². The first-order valence-electron chi connectivity index (χ1n) is 6.90. The molecule has 1 saturated heterocycles. The maximum atomic E-state index is 12.0. The molecule has 106 valence electrons. The van der Waals surface area contributed by atoms with Crippen molar-refractivity contribution in [2.24, 2.45) is 0 Å². The van der Waals surface area contributed by atoms with Gasteiger partial charge >= 0.3 is 5.97 Å². The molecule has 20 heavy (non-hydrogen) atoms. The maximum absolute atomic E-state index is 12.0. The third-order valence-electron chi connectivity index (χ3n) is 3.52. The van der Waals surface area contributed by atoms with Gasteiger partial charge in [-0.3, -0.25) is 0 Å². The van der Waals surface area contributed by atoms with Crippen LogP contribution in [0.3, 0.4) is 0 Å². The van der Waals surface area contributed by atoms with Crippen LogP contribution in [0.25, 0.3) is 0 Å². The lowest BCUT2D eigenvalue weighted by Gasteiger charge is -2.25. The molecule has 0 amide bonds. The number of nitriles is 1. The lowest BCUT2D eigenvalue weighted by molar-refractivity contribution is -0.144. The molecule has 0 saturated carbocycles. The van der Waals surface area contributed by atoms with Gasteiger partial charge in [-0.1, -0.05) is 0 Å². The van der Waals surface area contributed by atoms with Crippen molar-refractivity contribution >= 4 is 11.8 Å². The van der Waals surface area contributed by atoms with E-state index in [9.17, 15) is 10.1 Å². The van der Waals surface area contributed by atoms with Gasteiger partial charge in [0.2, 0.25) is 0 Å². The van der Waals surface area contributed by atoms with Crippen molar-refractivity contribution in [2.75, 3.05) is 18.1 Å². The van der Waals surface area contributed by atoms with Gasteiger partial charge in [0.05, 0.1) is 12.2 Å². The van der Waals surface area contributed by atoms with Gasteiger partial charge in [0.25, 0.3) is 0 Å². The zero-order chi connectivity index (χ0) is 14.7. The molecule has 1 unspecified atom stereocenters. The monoisotopic (exact) mass is 273 g/mol. The number of aryl methyl sites for hydroxylation is 2. The Kier molecular flexibility index (Phi) is 4.23. The molecular weight excluding hydrogens is 254 g/mol. The number of hydrogen-bond acceptors (Lipinski definition) is 5. The average molecular weight is 273 g/mol. The van der Waals surface area contributed by atoms with Crippen LogP contribution < -0.4 is 4.90 Å². The van der Waals surface area contributed by atoms with Crippen molar-refractivity contribution in [1.82, 2.24) is 4.98 Å². The number of rotatable bonds is 3. The molecule has 1 aromatic heterocycles. The third-order valence-corrected chi connectivity index (χ3v) is 3.52. The fourth-order valence-corrected chi connectivity index (χ4v) is 2.67. The van der Waals surface area contributed by atoms with E-state index in [1.54, 1.807) is 6.92 Å². The molecule has 1 aliphatic rings. The highest BCUT2D eigenvalue weighted by Crippen LogP contribution is 2.29. The number of ether oxygens (including phenoxy) is 1. The third kappa shape index (κ3) is 2.60. The molecule has 0 radical (unpaired) electrons. The first kappa shape index (κ1) is 14.3. The molecule has 0 spiro atoms. The van der Waals surface area contributed by atoms with E-state index in [0.717, 1.165) is 30.6 Å². The van der Waals surface area contributed by atoms with Gasteiger partial charge in [0.1, 0.15) is 17.9 Å². The summed E-state index contributed by atoms with van der Waals surface area (Å²) in [4.78, 5) is 18.4. The lowest BCUT2D eigenvalue weighted by Crippen LogP contribution is -2.38. The van der Waals surface area contributed by atoms with Crippen molar-refractivity contribution in [3.05, 3.63) is 22.9 Å². The highest BCUT2D eigenvalue weighted by Gasteiger charge is 2.34. The molecule has 5 heteroatoms. The van der Waals surface area contributed by atoms with E-state index >= 15 is 0 Å². The van der Waals surface area contributed by atoms with E-state index in [4.69, 9.17) is 4.74 Å². The fourth-order valence-electron chi connectivity index (χ4n) is 2.67. The smallest absolute Gasteiger partial charge is 0.328 e. The Bertz CT molecular complexity index is 563. The summed E-state index contributed by atoms with van der Waals surface area (Å²) in [5.41, 5.74) is 2.29. The van der Waals surface area contributed by atoms with Crippen molar-refractivity contribution < 1.29 is 9.53 Å². The van der Waals surface area contributed by atoms with E-state index in [-0.39, 0.29) is 12.0 Å². The lowest BCUT2D eigenvalue weighted by atomic mass is 10.1. The van der Waals surface area contributed by atoms with Crippen molar-refractivity contribution in [2.45, 2.75) is 39.7 Å². The molecule has 1 fully saturated rings. The number of carbonyl (C=O) groups excluding carboxylic acids is 1. The quantitative estimate of drug-likeness (QED) is 0.789. The summed E-state index contributed by atoms with van der Waals surface area (Å²) in [6, 6.07) is 3.77. The van der Waals surface area contributed by atoms with Gasteiger partial charge < -0.3 is 9.64 Å². The average Bonchev–Trinajstić information content (AvgIpc) is 2.87. The second-order valence-corrected chi connectivity index (χ2v) is 4.99. The van der Waals surface area contributed by atoms with Crippen LogP contribution in [0.15, 0.2) is 6.07 Å². The van der Waals surface area contributed by atoms with E-state index in [2.05, 4.69) is 11.1 Å². The topological polar surface area (TPSA) is 66.2 Å². The molecule has 1 aromatic rings. The van der Waals surface area contributed by atoms with Gasteiger partial charge in [-0.2, -0.15) is 5.26 Å². The van der Waals surface area contributed by atoms with Crippen LogP contribution in [0.2, 0.25) is 0 Å². The molecule has 0 bridgehead atoms. The first-order valence-corrected chi connectivity index (χ1v) is 6.90. The van der Waals surface area contributed by atoms with Crippen LogP contribution in [0.1, 0.15) is 36.6 Å². The second kappa shape index (κ2) is 5.91. The number of esters is 1. The van der Waals surface area contributed by atoms with E-state index < -0.39 is 0 Å². The Labute approximate surface area is 119 Å². The molecular formula is C15H19N3O2. The Balaban J connectivity index is 2.40. The number of pyridine rings is 1. The summed E-state index contributed by atoms with van der Waals surface area (Å²) < 4.78 is 5.12. The van der Waals surface area contributed by atoms with Crippen molar-refractivity contribution in [1.29, 1.82) is 5.26 Å². The zero-order valence-corrected chi connectivity index (χ0v) is 12.1. The molecule has 0 N–H and O–H groups in total. The standard InChI is InChI=1S/C15H19N3O2/c1-4-20-15(19)13-6-5-7-18(13)14-12(9-16)10(2)8-11(3)17-14/h8,13H,4-7H2,1-3H3. The van der Waals surface area contributed by atoms with Gasteiger partial charge in [-0.05, 0) is 45.2 Å². The predicted molar refractivity (Wildman–Crippen MR) is 75.4 cm³/mol. The van der Waals surface area contributed by atoms with E-state index in [1.807, 2.05) is 24.8 Å². The van der Waals surface area contributed by atoms with Crippen LogP contribution in [0, 0.1) is 25.2 Å².